The van der Waals surface area contributed by atoms with E-state index in [-0.39, 0.29) is 18.8 Å². The van der Waals surface area contributed by atoms with Crippen molar-refractivity contribution < 1.29 is 19.1 Å². The lowest BCUT2D eigenvalue weighted by Crippen LogP contribution is -2.21. The van der Waals surface area contributed by atoms with E-state index in [1.54, 1.807) is 48.7 Å². The van der Waals surface area contributed by atoms with Gasteiger partial charge in [0.2, 0.25) is 0 Å². The molecule has 30 heavy (non-hydrogen) atoms. The molecule has 0 radical (unpaired) electrons. The third-order valence-electron chi connectivity index (χ3n) is 3.93. The number of hydrogen-bond donors (Lipinski definition) is 1. The molecular formula is C21H16Cl3NO4S. The van der Waals surface area contributed by atoms with Crippen LogP contribution in [0.15, 0.2) is 47.8 Å². The molecule has 0 bridgehead atoms. The van der Waals surface area contributed by atoms with Crippen LogP contribution >= 0.6 is 46.1 Å². The Balaban J connectivity index is 1.79. The molecule has 0 fully saturated rings. The predicted molar refractivity (Wildman–Crippen MR) is 121 cm³/mol. The molecular weight excluding hydrogens is 469 g/mol. The maximum Gasteiger partial charge on any atom is 0.341 e. The van der Waals surface area contributed by atoms with E-state index < -0.39 is 11.9 Å². The van der Waals surface area contributed by atoms with E-state index in [4.69, 9.17) is 44.3 Å². The van der Waals surface area contributed by atoms with Gasteiger partial charge in [0.15, 0.2) is 6.61 Å². The summed E-state index contributed by atoms with van der Waals surface area (Å²) >= 11 is 19.1. The van der Waals surface area contributed by atoms with Gasteiger partial charge in [-0.2, -0.15) is 0 Å². The Labute approximate surface area is 192 Å². The molecule has 1 heterocycles. The average Bonchev–Trinajstić information content (AvgIpc) is 3.11. The fourth-order valence-electron chi connectivity index (χ4n) is 2.60. The van der Waals surface area contributed by atoms with Crippen molar-refractivity contribution in [3.05, 3.63) is 68.5 Å². The van der Waals surface area contributed by atoms with Crippen LogP contribution in [0.2, 0.25) is 15.1 Å². The lowest BCUT2D eigenvalue weighted by Gasteiger charge is -2.10. The van der Waals surface area contributed by atoms with Crippen LogP contribution in [0.3, 0.4) is 0 Å². The molecule has 0 atom stereocenters. The van der Waals surface area contributed by atoms with Gasteiger partial charge in [-0.25, -0.2) is 4.79 Å². The van der Waals surface area contributed by atoms with Crippen molar-refractivity contribution in [1.29, 1.82) is 0 Å². The first-order valence-corrected chi connectivity index (χ1v) is 10.8. The monoisotopic (exact) mass is 483 g/mol. The molecule has 0 saturated heterocycles. The topological polar surface area (TPSA) is 64.6 Å². The SMILES string of the molecule is CCOC(=O)c1c(-c2ccc(Cl)cc2)csc1NC(=O)COc1ccc(Cl)cc1Cl. The molecule has 2 aromatic carbocycles. The minimum atomic E-state index is -0.527. The first kappa shape index (κ1) is 22.4. The second-order valence-electron chi connectivity index (χ2n) is 5.99. The Kier molecular flexibility index (Phi) is 7.61. The Bertz CT molecular complexity index is 1070. The summed E-state index contributed by atoms with van der Waals surface area (Å²) in [6.07, 6.45) is 0. The van der Waals surface area contributed by atoms with Gasteiger partial charge in [-0.1, -0.05) is 46.9 Å². The lowest BCUT2D eigenvalue weighted by molar-refractivity contribution is -0.118. The molecule has 3 aromatic rings. The van der Waals surface area contributed by atoms with E-state index in [9.17, 15) is 9.59 Å². The summed E-state index contributed by atoms with van der Waals surface area (Å²) in [5, 5.41) is 6.20. The molecule has 5 nitrogen and oxygen atoms in total. The molecule has 0 aliphatic rings. The fraction of sp³-hybridized carbons (Fsp3) is 0.143. The molecule has 1 aromatic heterocycles. The zero-order chi connectivity index (χ0) is 21.7. The smallest absolute Gasteiger partial charge is 0.341 e. The minimum absolute atomic E-state index is 0.209. The highest BCUT2D eigenvalue weighted by atomic mass is 35.5. The first-order valence-electron chi connectivity index (χ1n) is 8.81. The van der Waals surface area contributed by atoms with Gasteiger partial charge >= 0.3 is 5.97 Å². The lowest BCUT2D eigenvalue weighted by atomic mass is 10.0. The van der Waals surface area contributed by atoms with Crippen molar-refractivity contribution in [2.45, 2.75) is 6.92 Å². The molecule has 9 heteroatoms. The van der Waals surface area contributed by atoms with Gasteiger partial charge in [0.25, 0.3) is 5.91 Å². The third kappa shape index (κ3) is 5.46. The van der Waals surface area contributed by atoms with Gasteiger partial charge in [0, 0.05) is 21.0 Å². The Morgan fingerprint density at radius 1 is 1.03 bits per heavy atom. The van der Waals surface area contributed by atoms with Crippen LogP contribution in [-0.4, -0.2) is 25.1 Å². The van der Waals surface area contributed by atoms with E-state index in [2.05, 4.69) is 5.32 Å². The molecule has 0 saturated carbocycles. The Morgan fingerprint density at radius 2 is 1.73 bits per heavy atom. The number of nitrogens with one attached hydrogen (secondary N) is 1. The van der Waals surface area contributed by atoms with Crippen LogP contribution in [0.1, 0.15) is 17.3 Å². The summed E-state index contributed by atoms with van der Waals surface area (Å²) in [5.41, 5.74) is 1.71. The number of halogens is 3. The summed E-state index contributed by atoms with van der Waals surface area (Å²) in [6, 6.07) is 11.8. The Morgan fingerprint density at radius 3 is 2.40 bits per heavy atom. The number of rotatable bonds is 7. The number of anilines is 1. The average molecular weight is 485 g/mol. The summed E-state index contributed by atoms with van der Waals surface area (Å²) in [6.45, 7) is 1.63. The number of ether oxygens (including phenoxy) is 2. The maximum atomic E-state index is 12.6. The highest BCUT2D eigenvalue weighted by molar-refractivity contribution is 7.15. The van der Waals surface area contributed by atoms with Crippen molar-refractivity contribution in [3.63, 3.8) is 0 Å². The molecule has 1 N–H and O–H groups in total. The zero-order valence-corrected chi connectivity index (χ0v) is 18.8. The van der Waals surface area contributed by atoms with Crippen LogP contribution in [0.4, 0.5) is 5.00 Å². The summed E-state index contributed by atoms with van der Waals surface area (Å²) in [5.74, 6) is -0.647. The molecule has 0 unspecified atom stereocenters. The summed E-state index contributed by atoms with van der Waals surface area (Å²) in [4.78, 5) is 25.0. The van der Waals surface area contributed by atoms with Crippen LogP contribution in [0, 0.1) is 0 Å². The highest BCUT2D eigenvalue weighted by Gasteiger charge is 2.23. The van der Waals surface area contributed by atoms with E-state index >= 15 is 0 Å². The number of carbonyl (C=O) groups is 2. The van der Waals surface area contributed by atoms with Crippen LogP contribution in [0.5, 0.6) is 5.75 Å². The van der Waals surface area contributed by atoms with E-state index in [0.29, 0.717) is 31.4 Å². The number of thiophene rings is 1. The molecule has 0 aliphatic carbocycles. The minimum Gasteiger partial charge on any atom is -0.482 e. The van der Waals surface area contributed by atoms with Crippen LogP contribution < -0.4 is 10.1 Å². The summed E-state index contributed by atoms with van der Waals surface area (Å²) < 4.78 is 10.6. The van der Waals surface area contributed by atoms with Gasteiger partial charge in [0.05, 0.1) is 11.6 Å². The number of amides is 1. The van der Waals surface area contributed by atoms with Crippen molar-refractivity contribution >= 4 is 63.0 Å². The van der Waals surface area contributed by atoms with Crippen molar-refractivity contribution in [3.8, 4) is 16.9 Å². The zero-order valence-electron chi connectivity index (χ0n) is 15.7. The largest absolute Gasteiger partial charge is 0.482 e. The summed E-state index contributed by atoms with van der Waals surface area (Å²) in [7, 11) is 0. The van der Waals surface area contributed by atoms with Gasteiger partial charge < -0.3 is 14.8 Å². The highest BCUT2D eigenvalue weighted by Crippen LogP contribution is 2.36. The molecule has 156 valence electrons. The van der Waals surface area contributed by atoms with Gasteiger partial charge in [0.1, 0.15) is 16.3 Å². The van der Waals surface area contributed by atoms with E-state index in [1.165, 1.54) is 17.4 Å². The van der Waals surface area contributed by atoms with Gasteiger partial charge in [-0.15, -0.1) is 11.3 Å². The van der Waals surface area contributed by atoms with Gasteiger partial charge in [-0.05, 0) is 42.8 Å². The first-order chi connectivity index (χ1) is 14.4. The van der Waals surface area contributed by atoms with Gasteiger partial charge in [-0.3, -0.25) is 4.79 Å². The maximum absolute atomic E-state index is 12.6. The fourth-order valence-corrected chi connectivity index (χ4v) is 4.16. The van der Waals surface area contributed by atoms with Crippen molar-refractivity contribution in [2.75, 3.05) is 18.5 Å². The molecule has 0 spiro atoms. The van der Waals surface area contributed by atoms with E-state index in [0.717, 1.165) is 5.56 Å². The van der Waals surface area contributed by atoms with Crippen molar-refractivity contribution in [1.82, 2.24) is 0 Å². The van der Waals surface area contributed by atoms with E-state index in [1.807, 2.05) is 0 Å². The number of benzene rings is 2. The van der Waals surface area contributed by atoms with Crippen LogP contribution in [0.25, 0.3) is 11.1 Å². The molecule has 1 amide bonds. The molecule has 3 rings (SSSR count). The predicted octanol–water partition coefficient (Wildman–Crippen LogP) is 6.57. The molecule has 0 aliphatic heterocycles. The standard InChI is InChI=1S/C21H16Cl3NO4S/c1-2-28-21(27)19-15(12-3-5-13(22)6-4-12)11-30-20(19)25-18(26)10-29-17-8-7-14(23)9-16(17)24/h3-9,11H,2,10H2,1H3,(H,25,26). The van der Waals surface area contributed by atoms with Crippen LogP contribution in [-0.2, 0) is 9.53 Å². The number of carbonyl (C=O) groups excluding carboxylic acids is 2. The quantitative estimate of drug-likeness (QED) is 0.385. The normalized spacial score (nSPS) is 10.5. The second-order valence-corrected chi connectivity index (χ2v) is 8.15. The number of esters is 1. The third-order valence-corrected chi connectivity index (χ3v) is 5.61. The Hall–Kier alpha value is -2.25. The van der Waals surface area contributed by atoms with Crippen molar-refractivity contribution in [2.24, 2.45) is 0 Å². The second kappa shape index (κ2) is 10.2. The number of hydrogen-bond acceptors (Lipinski definition) is 5.